The third-order valence-corrected chi connectivity index (χ3v) is 15.5. The fourth-order valence-electron chi connectivity index (χ4n) is 12.4. The van der Waals surface area contributed by atoms with Crippen LogP contribution in [0, 0.1) is 0 Å². The van der Waals surface area contributed by atoms with Crippen molar-refractivity contribution in [3.8, 4) is 56.7 Å². The molecule has 76 heavy (non-hydrogen) atoms. The van der Waals surface area contributed by atoms with Crippen molar-refractivity contribution < 1.29 is 0 Å². The second kappa shape index (κ2) is 16.6. The largest absolute Gasteiger partial charge is 0.309 e. The molecule has 11 aromatic carbocycles. The lowest BCUT2D eigenvalue weighted by molar-refractivity contribution is 1.16. The van der Waals surface area contributed by atoms with E-state index in [1.807, 2.05) is 12.1 Å². The van der Waals surface area contributed by atoms with E-state index in [0.29, 0.717) is 5.82 Å². The molecule has 0 aliphatic rings. The van der Waals surface area contributed by atoms with Crippen LogP contribution < -0.4 is 0 Å². The van der Waals surface area contributed by atoms with Crippen LogP contribution in [0.1, 0.15) is 0 Å². The lowest BCUT2D eigenvalue weighted by Gasteiger charge is -2.14. The van der Waals surface area contributed by atoms with Gasteiger partial charge in [0.25, 0.3) is 0 Å². The highest BCUT2D eigenvalue weighted by atomic mass is 15.0. The Morgan fingerprint density at radius 1 is 0.237 bits per heavy atom. The molecule has 0 saturated heterocycles. The fraction of sp³-hybridized carbons (Fsp3) is 0. The second-order valence-corrected chi connectivity index (χ2v) is 19.7. The second-order valence-electron chi connectivity index (χ2n) is 19.7. The van der Waals surface area contributed by atoms with Crippen molar-refractivity contribution in [2.24, 2.45) is 0 Å². The molecule has 0 amide bonds. The summed E-state index contributed by atoms with van der Waals surface area (Å²) >= 11 is 0. The SMILES string of the molecule is c1ccc(-c2cc(-c3cccc4c5ccc6c(c7cc(-n8c9ccccc9c9c8ccc8c%10ccccc%10n(-c%10ccccc%10)c89)ccc7n6-c6ccccc6)c5n(-c5ccccc5)c34)nc(-c3ccccc3)n2)cc1. The highest BCUT2D eigenvalue weighted by molar-refractivity contribution is 6.29. The zero-order valence-corrected chi connectivity index (χ0v) is 41.1. The summed E-state index contributed by atoms with van der Waals surface area (Å²) in [5.41, 5.74) is 18.4. The van der Waals surface area contributed by atoms with Gasteiger partial charge in [-0.25, -0.2) is 9.97 Å². The van der Waals surface area contributed by atoms with Crippen molar-refractivity contribution in [1.82, 2.24) is 28.2 Å². The molecule has 6 heteroatoms. The van der Waals surface area contributed by atoms with Gasteiger partial charge in [0.2, 0.25) is 0 Å². The Balaban J connectivity index is 1.03. The molecule has 0 saturated carbocycles. The molecule has 354 valence electrons. The number of nitrogens with zero attached hydrogens (tertiary/aromatic N) is 6. The Morgan fingerprint density at radius 3 is 1.36 bits per heavy atom. The number of rotatable bonds is 7. The normalized spacial score (nSPS) is 11.9. The summed E-state index contributed by atoms with van der Waals surface area (Å²) in [6, 6.07) is 96.2. The summed E-state index contributed by atoms with van der Waals surface area (Å²) in [6.07, 6.45) is 0. The highest BCUT2D eigenvalue weighted by Gasteiger charge is 2.26. The van der Waals surface area contributed by atoms with Crippen LogP contribution >= 0.6 is 0 Å². The van der Waals surface area contributed by atoms with Gasteiger partial charge in [-0.05, 0) is 84.9 Å². The fourth-order valence-corrected chi connectivity index (χ4v) is 12.4. The van der Waals surface area contributed by atoms with Crippen LogP contribution in [0.3, 0.4) is 0 Å². The van der Waals surface area contributed by atoms with Gasteiger partial charge in [0.1, 0.15) is 0 Å². The molecule has 6 nitrogen and oxygen atoms in total. The smallest absolute Gasteiger partial charge is 0.160 e. The number of hydrogen-bond acceptors (Lipinski definition) is 2. The van der Waals surface area contributed by atoms with E-state index in [2.05, 4.69) is 273 Å². The Morgan fingerprint density at radius 2 is 0.684 bits per heavy atom. The van der Waals surface area contributed by atoms with E-state index in [9.17, 15) is 0 Å². The predicted molar refractivity (Wildman–Crippen MR) is 316 cm³/mol. The van der Waals surface area contributed by atoms with E-state index in [4.69, 9.17) is 9.97 Å². The number of benzene rings is 11. The van der Waals surface area contributed by atoms with Gasteiger partial charge in [0.15, 0.2) is 5.82 Å². The Bertz CT molecular complexity index is 4890. The maximum Gasteiger partial charge on any atom is 0.160 e. The minimum atomic E-state index is 0.685. The van der Waals surface area contributed by atoms with Crippen LogP contribution in [0.5, 0.6) is 0 Å². The maximum atomic E-state index is 5.42. The van der Waals surface area contributed by atoms with Gasteiger partial charge in [-0.1, -0.05) is 182 Å². The average molecular weight is 969 g/mol. The first-order chi connectivity index (χ1) is 37.7. The van der Waals surface area contributed by atoms with Crippen molar-refractivity contribution in [3.63, 3.8) is 0 Å². The van der Waals surface area contributed by atoms with Crippen LogP contribution in [0.25, 0.3) is 144 Å². The topological polar surface area (TPSA) is 45.5 Å². The molecule has 0 radical (unpaired) electrons. The molecule has 0 N–H and O–H groups in total. The number of fused-ring (bicyclic) bond motifs is 14. The van der Waals surface area contributed by atoms with Gasteiger partial charge in [-0.15, -0.1) is 0 Å². The Hall–Kier alpha value is -10.3. The first-order valence-electron chi connectivity index (χ1n) is 25.9. The van der Waals surface area contributed by atoms with E-state index in [1.165, 1.54) is 43.4 Å². The first-order valence-corrected chi connectivity index (χ1v) is 25.9. The van der Waals surface area contributed by atoms with E-state index in [1.54, 1.807) is 0 Å². The molecule has 5 aromatic heterocycles. The monoisotopic (exact) mass is 968 g/mol. The zero-order chi connectivity index (χ0) is 49.8. The van der Waals surface area contributed by atoms with Gasteiger partial charge in [-0.2, -0.15) is 0 Å². The average Bonchev–Trinajstić information content (AvgIpc) is 4.37. The molecular weight excluding hydrogens is 925 g/mol. The van der Waals surface area contributed by atoms with Gasteiger partial charge in [0, 0.05) is 82.5 Å². The molecule has 16 aromatic rings. The summed E-state index contributed by atoms with van der Waals surface area (Å²) in [5, 5.41) is 9.57. The summed E-state index contributed by atoms with van der Waals surface area (Å²) in [4.78, 5) is 10.6. The molecule has 16 rings (SSSR count). The van der Waals surface area contributed by atoms with Crippen LogP contribution in [0.15, 0.2) is 267 Å². The molecule has 0 bridgehead atoms. The third kappa shape index (κ3) is 6.22. The Kier molecular flexibility index (Phi) is 9.23. The predicted octanol–water partition coefficient (Wildman–Crippen LogP) is 17.9. The van der Waals surface area contributed by atoms with E-state index >= 15 is 0 Å². The third-order valence-electron chi connectivity index (χ3n) is 15.5. The lowest BCUT2D eigenvalue weighted by Crippen LogP contribution is -1.99. The molecule has 0 spiro atoms. The highest BCUT2D eigenvalue weighted by Crippen LogP contribution is 2.47. The zero-order valence-electron chi connectivity index (χ0n) is 41.1. The molecule has 0 atom stereocenters. The minimum absolute atomic E-state index is 0.685. The number of para-hydroxylation sites is 6. The number of hydrogen-bond donors (Lipinski definition) is 0. The number of aromatic nitrogens is 6. The lowest BCUT2D eigenvalue weighted by atomic mass is 10.0. The van der Waals surface area contributed by atoms with Crippen LogP contribution in [-0.4, -0.2) is 28.2 Å². The molecule has 0 aliphatic heterocycles. The quantitative estimate of drug-likeness (QED) is 0.160. The summed E-state index contributed by atoms with van der Waals surface area (Å²) in [7, 11) is 0. The van der Waals surface area contributed by atoms with Crippen molar-refractivity contribution in [2.45, 2.75) is 0 Å². The van der Waals surface area contributed by atoms with Crippen molar-refractivity contribution in [1.29, 1.82) is 0 Å². The van der Waals surface area contributed by atoms with Crippen molar-refractivity contribution in [2.75, 3.05) is 0 Å². The molecule has 0 unspecified atom stereocenters. The summed E-state index contributed by atoms with van der Waals surface area (Å²) in [5.74, 6) is 0.685. The van der Waals surface area contributed by atoms with Crippen LogP contribution in [0.2, 0.25) is 0 Å². The van der Waals surface area contributed by atoms with Gasteiger partial charge in [0.05, 0.1) is 55.5 Å². The first kappa shape index (κ1) is 42.2. The van der Waals surface area contributed by atoms with Crippen LogP contribution in [-0.2, 0) is 0 Å². The van der Waals surface area contributed by atoms with Crippen molar-refractivity contribution in [3.05, 3.63) is 267 Å². The Labute approximate surface area is 436 Å². The molecular formula is C70H44N6. The van der Waals surface area contributed by atoms with Gasteiger partial charge < -0.3 is 18.3 Å². The van der Waals surface area contributed by atoms with E-state index < -0.39 is 0 Å². The van der Waals surface area contributed by atoms with Gasteiger partial charge in [-0.3, -0.25) is 0 Å². The van der Waals surface area contributed by atoms with Gasteiger partial charge >= 0.3 is 0 Å². The van der Waals surface area contributed by atoms with Crippen LogP contribution in [0.4, 0.5) is 0 Å². The molecule has 0 aliphatic carbocycles. The van der Waals surface area contributed by atoms with E-state index in [-0.39, 0.29) is 0 Å². The summed E-state index contributed by atoms with van der Waals surface area (Å²) in [6.45, 7) is 0. The van der Waals surface area contributed by atoms with E-state index in [0.717, 1.165) is 94.7 Å². The van der Waals surface area contributed by atoms with Crippen molar-refractivity contribution >= 4 is 87.2 Å². The minimum Gasteiger partial charge on any atom is -0.309 e. The summed E-state index contributed by atoms with van der Waals surface area (Å²) < 4.78 is 9.88. The standard InChI is InChI=1S/C70H44N6/c1-6-21-45(22-7-1)58-44-59(72-70(71-58)46-23-8-2-9-24-46)55-34-20-33-52-54-39-42-64-66(69(54)76(67(52)55)49-29-14-5-15-30-49)57-43-50(37-40-62(57)73(64)47-25-10-3-11-26-47)74-61-36-19-17-32-56(61)65-63(74)41-38-53-51-31-16-18-35-60(51)75(68(53)65)48-27-12-4-13-28-48/h1-44H. The maximum absolute atomic E-state index is 5.42. The molecule has 5 heterocycles. The molecule has 0 fully saturated rings.